The Labute approximate surface area is 401 Å². The molecule has 0 aliphatic heterocycles. The van der Waals surface area contributed by atoms with Crippen LogP contribution in [0.2, 0.25) is 0 Å². The van der Waals surface area contributed by atoms with E-state index in [1.807, 2.05) is 60.7 Å². The van der Waals surface area contributed by atoms with Gasteiger partial charge in [0.25, 0.3) is 0 Å². The summed E-state index contributed by atoms with van der Waals surface area (Å²) < 4.78 is 2.84. The second kappa shape index (κ2) is 66.6. The number of benzene rings is 2. The van der Waals surface area contributed by atoms with Crippen molar-refractivity contribution >= 4 is 25.3 Å². The Bertz CT molecular complexity index is 857. The molecule has 0 bridgehead atoms. The van der Waals surface area contributed by atoms with Gasteiger partial charge < -0.3 is 76.2 Å². The van der Waals surface area contributed by atoms with Gasteiger partial charge in [0.2, 0.25) is 0 Å². The van der Waals surface area contributed by atoms with E-state index in [1.54, 1.807) is 0 Å². The molecule has 60 heavy (non-hydrogen) atoms. The maximum Gasteiger partial charge on any atom is 2.00 e. The standard InChI is InChI=1S/2C16H36N.2C7H8S.2Fe.4NO/c2*1-5-9-13-17(14-10-6-2,15-11-7-3)16-12-8-4;2*8-6-7-4-2-1-3-5-7;;;4*1-2/h2*5-16H2,1-4H3;2*1-5,8H,6H2;;;;;;/q2*+1;;;2*+2;4*-1/p-2. The van der Waals surface area contributed by atoms with Gasteiger partial charge in [-0.05, 0) is 51.4 Å². The molecule has 352 valence electrons. The fourth-order valence-electron chi connectivity index (χ4n) is 6.44. The van der Waals surface area contributed by atoms with Crippen LogP contribution < -0.4 is 0 Å². The zero-order valence-corrected chi connectivity index (χ0v) is 42.8. The van der Waals surface area contributed by atoms with Crippen molar-refractivity contribution < 1.29 is 43.1 Å². The van der Waals surface area contributed by atoms with Gasteiger partial charge in [0, 0.05) is 0 Å². The molecule has 14 heteroatoms. The third-order valence-electron chi connectivity index (χ3n) is 9.91. The third-order valence-corrected chi connectivity index (χ3v) is 10.6. The molecule has 2 aromatic rings. The molecule has 10 nitrogen and oxygen atoms in total. The smallest absolute Gasteiger partial charge is 0.788 e. The average molecular weight is 963 g/mol. The molecule has 0 saturated heterocycles. The molecule has 0 heterocycles. The zero-order chi connectivity index (χ0) is 45.6. The Hall–Kier alpha value is -1.50. The molecule has 0 fully saturated rings. The van der Waals surface area contributed by atoms with E-state index in [2.05, 4.69) is 55.4 Å². The first kappa shape index (κ1) is 75.8. The number of hydrogen-bond acceptors (Lipinski definition) is 6. The Kier molecular flexibility index (Phi) is 84.2. The second-order valence-corrected chi connectivity index (χ2v) is 15.1. The molecular formula is C46H86Fe2N6O4S2. The van der Waals surface area contributed by atoms with Gasteiger partial charge >= 0.3 is 34.1 Å². The molecule has 0 aromatic heterocycles. The number of quaternary nitrogens is 2. The van der Waals surface area contributed by atoms with E-state index < -0.39 is 0 Å². The minimum atomic E-state index is 0. The van der Waals surface area contributed by atoms with Gasteiger partial charge in [-0.15, -0.1) is 0 Å². The molecule has 0 aliphatic rings. The van der Waals surface area contributed by atoms with Gasteiger partial charge in [-0.2, -0.15) is 11.5 Å². The van der Waals surface area contributed by atoms with Crippen molar-refractivity contribution in [3.8, 4) is 0 Å². The monoisotopic (exact) mass is 962 g/mol. The fourth-order valence-corrected chi connectivity index (χ4v) is 6.82. The van der Waals surface area contributed by atoms with Crippen LogP contribution in [0.3, 0.4) is 0 Å². The summed E-state index contributed by atoms with van der Waals surface area (Å²) in [5.74, 6) is 1.45. The molecule has 0 radical (unpaired) electrons. The van der Waals surface area contributed by atoms with Crippen LogP contribution in [0.5, 0.6) is 0 Å². The van der Waals surface area contributed by atoms with Crippen LogP contribution in [0.4, 0.5) is 0 Å². The van der Waals surface area contributed by atoms with Crippen LogP contribution in [0.1, 0.15) is 169 Å². The number of hydrogen-bond donors (Lipinski definition) is 0. The Morgan fingerprint density at radius 1 is 0.333 bits per heavy atom. The zero-order valence-electron chi connectivity index (χ0n) is 39.0. The van der Waals surface area contributed by atoms with Gasteiger partial charge in [-0.25, -0.2) is 0 Å². The number of rotatable bonds is 26. The maximum atomic E-state index is 7.25. The summed E-state index contributed by atoms with van der Waals surface area (Å²) in [6.45, 7) is 30.0. The summed E-state index contributed by atoms with van der Waals surface area (Å²) in [4.78, 5) is 29.0. The molecule has 0 unspecified atom stereocenters. The average Bonchev–Trinajstić information content (AvgIpc) is 3.31. The predicted octanol–water partition coefficient (Wildman–Crippen LogP) is 14.8. The van der Waals surface area contributed by atoms with Crippen molar-refractivity contribution in [3.63, 3.8) is 0 Å². The van der Waals surface area contributed by atoms with E-state index >= 15 is 0 Å². The molecule has 0 N–H and O–H groups in total. The van der Waals surface area contributed by atoms with E-state index in [-0.39, 0.29) is 34.1 Å². The van der Waals surface area contributed by atoms with E-state index in [0.717, 1.165) is 11.5 Å². The van der Waals surface area contributed by atoms with Crippen LogP contribution in [-0.4, -0.2) is 61.3 Å². The summed E-state index contributed by atoms with van der Waals surface area (Å²) in [6.07, 6.45) is 22.1. The topological polar surface area (TPSA) is 157 Å². The Balaban J connectivity index is -0.0000000971. The van der Waals surface area contributed by atoms with Gasteiger partial charge in [-0.1, -0.05) is 179 Å². The van der Waals surface area contributed by atoms with E-state index in [9.17, 15) is 0 Å². The Morgan fingerprint density at radius 3 is 0.583 bits per heavy atom. The van der Waals surface area contributed by atoms with Crippen molar-refractivity contribution in [3.05, 3.63) is 114 Å². The van der Waals surface area contributed by atoms with Gasteiger partial charge in [0.15, 0.2) is 0 Å². The summed E-state index contributed by atoms with van der Waals surface area (Å²) >= 11 is 9.64. The molecule has 0 atom stereocenters. The van der Waals surface area contributed by atoms with Crippen molar-refractivity contribution in [1.82, 2.24) is 0 Å². The van der Waals surface area contributed by atoms with Crippen LogP contribution in [0.15, 0.2) is 60.7 Å². The summed E-state index contributed by atoms with van der Waals surface area (Å²) in [6, 6.07) is 20.1. The number of unbranched alkanes of at least 4 members (excludes halogenated alkanes) is 8. The van der Waals surface area contributed by atoms with Crippen molar-refractivity contribution in [1.29, 1.82) is 0 Å². The van der Waals surface area contributed by atoms with Crippen molar-refractivity contribution in [2.24, 2.45) is 0 Å². The van der Waals surface area contributed by atoms with E-state index in [4.69, 9.17) is 67.3 Å². The maximum absolute atomic E-state index is 7.25. The van der Waals surface area contributed by atoms with Crippen LogP contribution in [0.25, 0.3) is 22.4 Å². The molecule has 2 aromatic carbocycles. The van der Waals surface area contributed by atoms with Crippen LogP contribution in [0, 0.1) is 19.6 Å². The van der Waals surface area contributed by atoms with E-state index in [0.29, 0.717) is 0 Å². The summed E-state index contributed by atoms with van der Waals surface area (Å²) in [5, 5.41) is 0. The van der Waals surface area contributed by atoms with E-state index in [1.165, 1.54) is 175 Å². The SMILES string of the molecule is CCCC[N+](CCCC)(CCCC)CCCC.CCCC[N+](CCCC)(CCCC)CCCC.[Fe+2].[Fe+2].[N-]=O.[N-]=O.[N-]=O.[N-]=O.[S-]Cc1ccccc1.[S-]Cc1ccccc1. The summed E-state index contributed by atoms with van der Waals surface area (Å²) in [7, 11) is 0. The summed E-state index contributed by atoms with van der Waals surface area (Å²) in [5.41, 5.74) is 25.4. The third kappa shape index (κ3) is 50.9. The second-order valence-electron chi connectivity index (χ2n) is 14.6. The Morgan fingerprint density at radius 2 is 0.483 bits per heavy atom. The van der Waals surface area contributed by atoms with Crippen molar-refractivity contribution in [2.75, 3.05) is 52.4 Å². The molecule has 2 rings (SSSR count). The molecular weight excluding hydrogens is 876 g/mol. The fraction of sp³-hybridized carbons (Fsp3) is 0.739. The first-order valence-electron chi connectivity index (χ1n) is 22.0. The van der Waals surface area contributed by atoms with Crippen LogP contribution >= 0.6 is 0 Å². The molecule has 0 amide bonds. The minimum Gasteiger partial charge on any atom is -0.788 e. The largest absolute Gasteiger partial charge is 2.00 e. The van der Waals surface area contributed by atoms with Crippen LogP contribution in [-0.2, 0) is 70.9 Å². The first-order chi connectivity index (χ1) is 28.3. The molecule has 0 saturated carbocycles. The minimum absolute atomic E-state index is 0. The van der Waals surface area contributed by atoms with Gasteiger partial charge in [0.05, 0.1) is 52.4 Å². The number of nitroso groups, excluding NO2 is 4. The molecule has 0 spiro atoms. The van der Waals surface area contributed by atoms with Gasteiger partial charge in [-0.3, -0.25) is 0 Å². The molecule has 0 aliphatic carbocycles. The van der Waals surface area contributed by atoms with Crippen molar-refractivity contribution in [2.45, 2.75) is 170 Å². The quantitative estimate of drug-likeness (QED) is 0.0519. The number of nitrogens with zero attached hydrogens (tertiary/aromatic N) is 6. The predicted molar refractivity (Wildman–Crippen MR) is 261 cm³/mol. The van der Waals surface area contributed by atoms with Gasteiger partial charge in [0.1, 0.15) is 0 Å². The first-order valence-corrected chi connectivity index (χ1v) is 23.2. The normalized spacial score (nSPS) is 9.50.